The maximum absolute atomic E-state index is 13.0. The van der Waals surface area contributed by atoms with Crippen LogP contribution in [0.5, 0.6) is 0 Å². The lowest BCUT2D eigenvalue weighted by atomic mass is 10.0. The van der Waals surface area contributed by atoms with Gasteiger partial charge in [0.1, 0.15) is 0 Å². The zero-order valence-electron chi connectivity index (χ0n) is 14.7. The first-order valence-electron chi connectivity index (χ1n) is 8.67. The zero-order chi connectivity index (χ0) is 18.1. The van der Waals surface area contributed by atoms with Gasteiger partial charge in [0.25, 0.3) is 5.91 Å². The Hall–Kier alpha value is -3.27. The molecule has 0 fully saturated rings. The number of rotatable bonds is 3. The van der Waals surface area contributed by atoms with Gasteiger partial charge >= 0.3 is 0 Å². The van der Waals surface area contributed by atoms with E-state index in [0.717, 1.165) is 27.5 Å². The molecule has 0 unspecified atom stereocenters. The summed E-state index contributed by atoms with van der Waals surface area (Å²) in [5, 5.41) is 4.82. The lowest BCUT2D eigenvalue weighted by Gasteiger charge is -2.12. The molecule has 0 spiro atoms. The Labute approximate surface area is 151 Å². The molecule has 0 saturated heterocycles. The molecular formula is C22H19N3O. The van der Waals surface area contributed by atoms with Gasteiger partial charge in [0.05, 0.1) is 28.5 Å². The van der Waals surface area contributed by atoms with Crippen LogP contribution in [0.3, 0.4) is 0 Å². The van der Waals surface area contributed by atoms with E-state index in [2.05, 4.69) is 29.1 Å². The molecular weight excluding hydrogens is 322 g/mol. The summed E-state index contributed by atoms with van der Waals surface area (Å²) >= 11 is 0. The van der Waals surface area contributed by atoms with Crippen LogP contribution in [0.2, 0.25) is 0 Å². The van der Waals surface area contributed by atoms with E-state index < -0.39 is 0 Å². The number of para-hydroxylation sites is 2. The van der Waals surface area contributed by atoms with Gasteiger partial charge in [-0.25, -0.2) is 0 Å². The highest BCUT2D eigenvalue weighted by molar-refractivity contribution is 6.12. The van der Waals surface area contributed by atoms with Crippen molar-refractivity contribution in [3.63, 3.8) is 0 Å². The van der Waals surface area contributed by atoms with Crippen LogP contribution in [0.25, 0.3) is 21.8 Å². The fourth-order valence-electron chi connectivity index (χ4n) is 3.02. The molecule has 2 aromatic carbocycles. The summed E-state index contributed by atoms with van der Waals surface area (Å²) < 4.78 is 0. The molecule has 1 N–H and O–H groups in total. The Balaban J connectivity index is 1.75. The van der Waals surface area contributed by atoms with E-state index in [9.17, 15) is 4.79 Å². The Bertz CT molecular complexity index is 1120. The molecule has 4 rings (SSSR count). The van der Waals surface area contributed by atoms with E-state index in [1.54, 1.807) is 6.20 Å². The minimum Gasteiger partial charge on any atom is -0.321 e. The molecule has 128 valence electrons. The number of hydrogen-bond acceptors (Lipinski definition) is 3. The third-order valence-electron chi connectivity index (χ3n) is 4.42. The van der Waals surface area contributed by atoms with Gasteiger partial charge < -0.3 is 5.32 Å². The normalized spacial score (nSPS) is 11.2. The zero-order valence-corrected chi connectivity index (χ0v) is 14.7. The Kier molecular flexibility index (Phi) is 4.09. The fourth-order valence-corrected chi connectivity index (χ4v) is 3.02. The number of anilines is 1. The maximum Gasteiger partial charge on any atom is 0.256 e. The van der Waals surface area contributed by atoms with E-state index in [4.69, 9.17) is 0 Å². The summed E-state index contributed by atoms with van der Waals surface area (Å²) in [6.07, 6.45) is 1.69. The summed E-state index contributed by atoms with van der Waals surface area (Å²) in [4.78, 5) is 22.1. The number of aromatic nitrogens is 2. The van der Waals surface area contributed by atoms with Crippen LogP contribution in [0.4, 0.5) is 5.69 Å². The molecule has 0 aliphatic heterocycles. The lowest BCUT2D eigenvalue weighted by Crippen LogP contribution is -2.14. The van der Waals surface area contributed by atoms with Gasteiger partial charge in [-0.2, -0.15) is 0 Å². The van der Waals surface area contributed by atoms with Crippen LogP contribution in [0, 0.1) is 0 Å². The molecule has 4 aromatic rings. The Morgan fingerprint density at radius 3 is 2.50 bits per heavy atom. The molecule has 0 aliphatic rings. The number of amides is 1. The highest BCUT2D eigenvalue weighted by Gasteiger charge is 2.15. The second kappa shape index (κ2) is 6.56. The summed E-state index contributed by atoms with van der Waals surface area (Å²) in [5.41, 5.74) is 3.96. The van der Waals surface area contributed by atoms with E-state index in [1.165, 1.54) is 0 Å². The quantitative estimate of drug-likeness (QED) is 0.560. The fraction of sp³-hybridized carbons (Fsp3) is 0.136. The van der Waals surface area contributed by atoms with Gasteiger partial charge in [0.15, 0.2) is 0 Å². The molecule has 0 atom stereocenters. The van der Waals surface area contributed by atoms with Crippen molar-refractivity contribution in [3.05, 3.63) is 78.1 Å². The monoisotopic (exact) mass is 341 g/mol. The number of hydrogen-bond donors (Lipinski definition) is 1. The molecule has 0 bridgehead atoms. The number of nitrogens with one attached hydrogen (secondary N) is 1. The average Bonchev–Trinajstić information content (AvgIpc) is 2.67. The van der Waals surface area contributed by atoms with Crippen LogP contribution in [0.1, 0.15) is 35.8 Å². The maximum atomic E-state index is 13.0. The third kappa shape index (κ3) is 3.02. The third-order valence-corrected chi connectivity index (χ3v) is 4.42. The van der Waals surface area contributed by atoms with Crippen molar-refractivity contribution in [3.8, 4) is 0 Å². The van der Waals surface area contributed by atoms with Crippen LogP contribution in [-0.4, -0.2) is 15.9 Å². The van der Waals surface area contributed by atoms with Gasteiger partial charge in [-0.15, -0.1) is 0 Å². The van der Waals surface area contributed by atoms with Gasteiger partial charge in [0.2, 0.25) is 0 Å². The Morgan fingerprint density at radius 2 is 1.69 bits per heavy atom. The van der Waals surface area contributed by atoms with Crippen LogP contribution < -0.4 is 5.32 Å². The molecule has 2 aromatic heterocycles. The first kappa shape index (κ1) is 16.2. The summed E-state index contributed by atoms with van der Waals surface area (Å²) in [5.74, 6) is 0.0936. The summed E-state index contributed by atoms with van der Waals surface area (Å²) in [6.45, 7) is 4.15. The SMILES string of the molecule is CC(C)c1cc(C(=O)Nc2cnc3ccccc3c2)c2ccccc2n1. The molecule has 1 amide bonds. The number of carbonyl (C=O) groups is 1. The highest BCUT2D eigenvalue weighted by atomic mass is 16.1. The molecule has 0 radical (unpaired) electrons. The average molecular weight is 341 g/mol. The molecule has 4 heteroatoms. The smallest absolute Gasteiger partial charge is 0.256 e. The van der Waals surface area contributed by atoms with Crippen molar-refractivity contribution >= 4 is 33.4 Å². The largest absolute Gasteiger partial charge is 0.321 e. The van der Waals surface area contributed by atoms with Gasteiger partial charge in [-0.3, -0.25) is 14.8 Å². The predicted octanol–water partition coefficient (Wildman–Crippen LogP) is 5.16. The van der Waals surface area contributed by atoms with Crippen LogP contribution in [0.15, 0.2) is 66.9 Å². The molecule has 0 saturated carbocycles. The second-order valence-corrected chi connectivity index (χ2v) is 6.64. The van der Waals surface area contributed by atoms with E-state index in [0.29, 0.717) is 11.3 Å². The number of benzene rings is 2. The van der Waals surface area contributed by atoms with Crippen molar-refractivity contribution in [1.29, 1.82) is 0 Å². The topological polar surface area (TPSA) is 54.9 Å². The van der Waals surface area contributed by atoms with Gasteiger partial charge in [-0.05, 0) is 30.2 Å². The van der Waals surface area contributed by atoms with Crippen molar-refractivity contribution in [2.75, 3.05) is 5.32 Å². The number of pyridine rings is 2. The number of fused-ring (bicyclic) bond motifs is 2. The molecule has 2 heterocycles. The molecule has 4 nitrogen and oxygen atoms in total. The van der Waals surface area contributed by atoms with Crippen molar-refractivity contribution < 1.29 is 4.79 Å². The van der Waals surface area contributed by atoms with Crippen molar-refractivity contribution in [2.45, 2.75) is 19.8 Å². The van der Waals surface area contributed by atoms with E-state index >= 15 is 0 Å². The van der Waals surface area contributed by atoms with Crippen LogP contribution >= 0.6 is 0 Å². The number of carbonyl (C=O) groups excluding carboxylic acids is 1. The van der Waals surface area contributed by atoms with Crippen molar-refractivity contribution in [1.82, 2.24) is 9.97 Å². The minimum atomic E-state index is -0.150. The highest BCUT2D eigenvalue weighted by Crippen LogP contribution is 2.24. The minimum absolute atomic E-state index is 0.150. The summed E-state index contributed by atoms with van der Waals surface area (Å²) in [7, 11) is 0. The lowest BCUT2D eigenvalue weighted by molar-refractivity contribution is 0.102. The van der Waals surface area contributed by atoms with E-state index in [-0.39, 0.29) is 11.8 Å². The molecule has 0 aliphatic carbocycles. The number of nitrogens with zero attached hydrogens (tertiary/aromatic N) is 2. The van der Waals surface area contributed by atoms with Gasteiger partial charge in [-0.1, -0.05) is 50.2 Å². The summed E-state index contributed by atoms with van der Waals surface area (Å²) in [6, 6.07) is 19.4. The standard InChI is InChI=1S/C22H19N3O/c1-14(2)21-12-18(17-8-4-6-10-20(17)25-21)22(26)24-16-11-15-7-3-5-9-19(15)23-13-16/h3-14H,1-2H3,(H,24,26). The predicted molar refractivity (Wildman–Crippen MR) is 106 cm³/mol. The Morgan fingerprint density at radius 1 is 0.962 bits per heavy atom. The van der Waals surface area contributed by atoms with Gasteiger partial charge in [0, 0.05) is 16.5 Å². The van der Waals surface area contributed by atoms with Crippen LogP contribution in [-0.2, 0) is 0 Å². The van der Waals surface area contributed by atoms with E-state index in [1.807, 2.05) is 60.7 Å². The second-order valence-electron chi connectivity index (χ2n) is 6.64. The first-order valence-corrected chi connectivity index (χ1v) is 8.67. The van der Waals surface area contributed by atoms with Crippen molar-refractivity contribution in [2.24, 2.45) is 0 Å². The first-order chi connectivity index (χ1) is 12.6. The molecule has 26 heavy (non-hydrogen) atoms.